The van der Waals surface area contributed by atoms with Crippen molar-refractivity contribution in [3.05, 3.63) is 30.1 Å². The Morgan fingerprint density at radius 3 is 2.70 bits per heavy atom. The lowest BCUT2D eigenvalue weighted by atomic mass is 10.2. The third kappa shape index (κ3) is 4.44. The minimum absolute atomic E-state index is 0.295. The quantitative estimate of drug-likeness (QED) is 0.815. The zero-order valence-corrected chi connectivity index (χ0v) is 12.7. The summed E-state index contributed by atoms with van der Waals surface area (Å²) in [4.78, 5) is -0.295. The second kappa shape index (κ2) is 7.40. The van der Waals surface area contributed by atoms with Gasteiger partial charge in [0.05, 0.1) is 0 Å². The summed E-state index contributed by atoms with van der Waals surface area (Å²) in [6.45, 7) is 1.86. The Kier molecular flexibility index (Phi) is 5.83. The zero-order chi connectivity index (χ0) is 14.4. The number of hydrogen-bond donors (Lipinski definition) is 1. The number of hydrogen-bond acceptors (Lipinski definition) is 4. The Morgan fingerprint density at radius 1 is 1.30 bits per heavy atom. The number of thioether (sulfide) groups is 1. The maximum absolute atomic E-state index is 13.4. The summed E-state index contributed by atoms with van der Waals surface area (Å²) in [7, 11) is -3.76. The molecule has 7 heteroatoms. The van der Waals surface area contributed by atoms with Gasteiger partial charge >= 0.3 is 0 Å². The van der Waals surface area contributed by atoms with Gasteiger partial charge in [0, 0.05) is 30.8 Å². The standard InChI is InChI=1S/C13H18FNO3S2/c14-12-3-1-2-4-13(12)20(16,17)15-7-10-19-11-5-8-18-9-6-11/h1-4,11,15H,5-10H2. The molecule has 1 fully saturated rings. The molecule has 0 unspecified atom stereocenters. The summed E-state index contributed by atoms with van der Waals surface area (Å²) < 4.78 is 45.0. The molecule has 4 nitrogen and oxygen atoms in total. The Bertz CT molecular complexity index is 530. The molecule has 0 radical (unpaired) electrons. The third-order valence-corrected chi connectivity index (χ3v) is 5.92. The topological polar surface area (TPSA) is 55.4 Å². The van der Waals surface area contributed by atoms with Crippen LogP contribution in [-0.4, -0.2) is 39.2 Å². The first-order valence-electron chi connectivity index (χ1n) is 6.53. The molecule has 112 valence electrons. The van der Waals surface area contributed by atoms with Gasteiger partial charge in [0.25, 0.3) is 0 Å². The van der Waals surface area contributed by atoms with Crippen molar-refractivity contribution < 1.29 is 17.5 Å². The number of nitrogens with one attached hydrogen (secondary N) is 1. The fourth-order valence-corrected chi connectivity index (χ4v) is 4.30. The zero-order valence-electron chi connectivity index (χ0n) is 11.0. The second-order valence-electron chi connectivity index (χ2n) is 4.51. The van der Waals surface area contributed by atoms with Gasteiger partial charge in [-0.15, -0.1) is 0 Å². The number of benzene rings is 1. The number of halogens is 1. The van der Waals surface area contributed by atoms with Gasteiger partial charge in [0.1, 0.15) is 10.7 Å². The molecule has 0 aromatic heterocycles. The first-order valence-corrected chi connectivity index (χ1v) is 9.06. The SMILES string of the molecule is O=S(=O)(NCCSC1CCOCC1)c1ccccc1F. The fraction of sp³-hybridized carbons (Fsp3) is 0.538. The minimum Gasteiger partial charge on any atom is -0.381 e. The van der Waals surface area contributed by atoms with Crippen LogP contribution in [0.3, 0.4) is 0 Å². The lowest BCUT2D eigenvalue weighted by molar-refractivity contribution is 0.100. The molecular weight excluding hydrogens is 301 g/mol. The van der Waals surface area contributed by atoms with Crippen molar-refractivity contribution in [2.24, 2.45) is 0 Å². The third-order valence-electron chi connectivity index (χ3n) is 3.04. The molecule has 1 saturated heterocycles. The van der Waals surface area contributed by atoms with Crippen LogP contribution < -0.4 is 4.72 Å². The lowest BCUT2D eigenvalue weighted by Gasteiger charge is -2.21. The molecule has 20 heavy (non-hydrogen) atoms. The molecule has 0 spiro atoms. The normalized spacial score (nSPS) is 17.2. The molecular formula is C13H18FNO3S2. The van der Waals surface area contributed by atoms with Gasteiger partial charge in [-0.1, -0.05) is 12.1 Å². The molecule has 0 amide bonds. The molecule has 1 N–H and O–H groups in total. The Morgan fingerprint density at radius 2 is 2.00 bits per heavy atom. The number of sulfonamides is 1. The van der Waals surface area contributed by atoms with Gasteiger partial charge in [-0.3, -0.25) is 0 Å². The van der Waals surface area contributed by atoms with Crippen molar-refractivity contribution in [3.63, 3.8) is 0 Å². The van der Waals surface area contributed by atoms with E-state index in [-0.39, 0.29) is 4.90 Å². The van der Waals surface area contributed by atoms with E-state index >= 15 is 0 Å². The van der Waals surface area contributed by atoms with Crippen LogP contribution >= 0.6 is 11.8 Å². The van der Waals surface area contributed by atoms with E-state index in [1.165, 1.54) is 18.2 Å². The van der Waals surface area contributed by atoms with Crippen LogP contribution in [0.1, 0.15) is 12.8 Å². The summed E-state index contributed by atoms with van der Waals surface area (Å²) >= 11 is 1.74. The molecule has 0 aliphatic carbocycles. The van der Waals surface area contributed by atoms with Gasteiger partial charge in [-0.25, -0.2) is 17.5 Å². The smallest absolute Gasteiger partial charge is 0.243 e. The van der Waals surface area contributed by atoms with Gasteiger partial charge in [0.2, 0.25) is 10.0 Å². The maximum atomic E-state index is 13.4. The molecule has 2 rings (SSSR count). The molecule has 0 bridgehead atoms. The Balaban J connectivity index is 1.79. The maximum Gasteiger partial charge on any atom is 0.243 e. The van der Waals surface area contributed by atoms with Crippen LogP contribution in [0.2, 0.25) is 0 Å². The molecule has 0 atom stereocenters. The van der Waals surface area contributed by atoms with Gasteiger partial charge in [-0.2, -0.15) is 11.8 Å². The average molecular weight is 319 g/mol. The summed E-state index contributed by atoms with van der Waals surface area (Å²) in [6, 6.07) is 5.39. The Labute approximate surface area is 123 Å². The van der Waals surface area contributed by atoms with Crippen molar-refractivity contribution in [2.75, 3.05) is 25.5 Å². The highest BCUT2D eigenvalue weighted by Gasteiger charge is 2.18. The molecule has 1 aliphatic heterocycles. The first-order chi connectivity index (χ1) is 9.59. The summed E-state index contributed by atoms with van der Waals surface area (Å²) in [5, 5.41) is 0.529. The monoisotopic (exact) mass is 319 g/mol. The highest BCUT2D eigenvalue weighted by atomic mass is 32.2. The highest BCUT2D eigenvalue weighted by molar-refractivity contribution is 8.00. The molecule has 1 aromatic carbocycles. The Hall–Kier alpha value is -0.630. The van der Waals surface area contributed by atoms with E-state index in [1.54, 1.807) is 11.8 Å². The minimum atomic E-state index is -3.76. The first kappa shape index (κ1) is 15.8. The highest BCUT2D eigenvalue weighted by Crippen LogP contribution is 2.21. The van der Waals surface area contributed by atoms with Gasteiger partial charge in [0.15, 0.2) is 0 Å². The van der Waals surface area contributed by atoms with Crippen molar-refractivity contribution in [2.45, 2.75) is 23.0 Å². The molecule has 0 saturated carbocycles. The predicted molar refractivity (Wildman–Crippen MR) is 77.9 cm³/mol. The van der Waals surface area contributed by atoms with Gasteiger partial charge < -0.3 is 4.74 Å². The van der Waals surface area contributed by atoms with E-state index in [2.05, 4.69) is 4.72 Å². The summed E-state index contributed by atoms with van der Waals surface area (Å²) in [6.07, 6.45) is 2.01. The van der Waals surface area contributed by atoms with Crippen molar-refractivity contribution in [1.82, 2.24) is 4.72 Å². The van der Waals surface area contributed by atoms with E-state index < -0.39 is 15.8 Å². The van der Waals surface area contributed by atoms with E-state index in [0.717, 1.165) is 32.1 Å². The lowest BCUT2D eigenvalue weighted by Crippen LogP contribution is -2.28. The van der Waals surface area contributed by atoms with Crippen LogP contribution in [0.4, 0.5) is 4.39 Å². The van der Waals surface area contributed by atoms with Crippen LogP contribution in [0.15, 0.2) is 29.2 Å². The molecule has 1 heterocycles. The van der Waals surface area contributed by atoms with Crippen LogP contribution in [0.5, 0.6) is 0 Å². The van der Waals surface area contributed by atoms with Crippen LogP contribution in [-0.2, 0) is 14.8 Å². The molecule has 1 aliphatic rings. The molecule has 1 aromatic rings. The van der Waals surface area contributed by atoms with Crippen molar-refractivity contribution >= 4 is 21.8 Å². The van der Waals surface area contributed by atoms with E-state index in [0.29, 0.717) is 17.5 Å². The van der Waals surface area contributed by atoms with E-state index in [4.69, 9.17) is 4.74 Å². The number of rotatable bonds is 6. The van der Waals surface area contributed by atoms with Gasteiger partial charge in [-0.05, 0) is 25.0 Å². The predicted octanol–water partition coefficient (Wildman–Crippen LogP) is 2.02. The van der Waals surface area contributed by atoms with Crippen molar-refractivity contribution in [3.8, 4) is 0 Å². The average Bonchev–Trinajstić information content (AvgIpc) is 2.45. The van der Waals surface area contributed by atoms with Crippen LogP contribution in [0.25, 0.3) is 0 Å². The van der Waals surface area contributed by atoms with E-state index in [1.807, 2.05) is 0 Å². The van der Waals surface area contributed by atoms with Crippen molar-refractivity contribution in [1.29, 1.82) is 0 Å². The van der Waals surface area contributed by atoms with E-state index in [9.17, 15) is 12.8 Å². The second-order valence-corrected chi connectivity index (χ2v) is 7.65. The van der Waals surface area contributed by atoms with Crippen LogP contribution in [0, 0.1) is 5.82 Å². The number of ether oxygens (including phenoxy) is 1. The summed E-state index contributed by atoms with van der Waals surface area (Å²) in [5.41, 5.74) is 0. The fourth-order valence-electron chi connectivity index (χ4n) is 1.98. The summed E-state index contributed by atoms with van der Waals surface area (Å²) in [5.74, 6) is -0.0460. The largest absolute Gasteiger partial charge is 0.381 e.